The molecule has 2 heterocycles. The Kier molecular flexibility index (Phi) is 8.00. The van der Waals surface area contributed by atoms with Crippen molar-refractivity contribution in [3.8, 4) is 22.5 Å². The molecule has 0 aliphatic carbocycles. The molecule has 6 aromatic rings. The molecule has 0 saturated carbocycles. The van der Waals surface area contributed by atoms with Crippen molar-refractivity contribution in [3.63, 3.8) is 0 Å². The third-order valence-electron chi connectivity index (χ3n) is 5.91. The fraction of sp³-hybridized carbons (Fsp3) is 0.0938. The van der Waals surface area contributed by atoms with E-state index in [1.807, 2.05) is 61.9 Å². The SMILES string of the molecule is Cc1cnc(-c2[c-]ccc(-c3ccccc3)c2)nc1.Cc1cnc2c(ccc3c(C)cc[c-]c32)c1.[Ir]. The molecule has 1 radical (unpaired) electrons. The predicted octanol–water partition coefficient (Wildman–Crippen LogP) is 7.72. The van der Waals surface area contributed by atoms with Gasteiger partial charge in [-0.1, -0.05) is 55.5 Å². The van der Waals surface area contributed by atoms with E-state index in [2.05, 4.69) is 83.4 Å². The van der Waals surface area contributed by atoms with Crippen LogP contribution >= 0.6 is 0 Å². The maximum Gasteiger partial charge on any atom is 0.0748 e. The van der Waals surface area contributed by atoms with Crippen molar-refractivity contribution in [1.82, 2.24) is 15.0 Å². The Morgan fingerprint density at radius 1 is 0.639 bits per heavy atom. The van der Waals surface area contributed by atoms with Crippen molar-refractivity contribution in [2.45, 2.75) is 20.8 Å². The van der Waals surface area contributed by atoms with Crippen LogP contribution in [0.15, 0.2) is 97.5 Å². The number of hydrogen-bond acceptors (Lipinski definition) is 3. The van der Waals surface area contributed by atoms with Crippen molar-refractivity contribution in [2.75, 3.05) is 0 Å². The average molecular weight is 644 g/mol. The van der Waals surface area contributed by atoms with Gasteiger partial charge in [0, 0.05) is 38.7 Å². The largest absolute Gasteiger partial charge is 0.304 e. The van der Waals surface area contributed by atoms with Gasteiger partial charge in [-0.3, -0.25) is 9.97 Å². The fourth-order valence-electron chi connectivity index (χ4n) is 4.06. The number of fused-ring (bicyclic) bond motifs is 3. The summed E-state index contributed by atoms with van der Waals surface area (Å²) < 4.78 is 0. The Labute approximate surface area is 225 Å². The van der Waals surface area contributed by atoms with Crippen molar-refractivity contribution in [3.05, 3.63) is 126 Å². The Hall–Kier alpha value is -3.72. The second kappa shape index (κ2) is 11.3. The molecule has 4 aromatic carbocycles. The van der Waals surface area contributed by atoms with E-state index in [1.165, 1.54) is 27.5 Å². The molecular weight excluding hydrogens is 619 g/mol. The molecule has 0 spiro atoms. The fourth-order valence-corrected chi connectivity index (χ4v) is 4.06. The maximum atomic E-state index is 4.52. The van der Waals surface area contributed by atoms with E-state index in [0.29, 0.717) is 5.82 Å². The zero-order valence-corrected chi connectivity index (χ0v) is 22.8. The third-order valence-corrected chi connectivity index (χ3v) is 5.91. The summed E-state index contributed by atoms with van der Waals surface area (Å²) in [5, 5.41) is 3.55. The molecule has 0 unspecified atom stereocenters. The maximum absolute atomic E-state index is 4.52. The Balaban J connectivity index is 0.000000167. The molecule has 0 aliphatic rings. The van der Waals surface area contributed by atoms with Crippen LogP contribution in [0.25, 0.3) is 44.2 Å². The van der Waals surface area contributed by atoms with Crippen LogP contribution < -0.4 is 0 Å². The van der Waals surface area contributed by atoms with E-state index in [0.717, 1.165) is 27.6 Å². The van der Waals surface area contributed by atoms with Crippen LogP contribution in [0.5, 0.6) is 0 Å². The summed E-state index contributed by atoms with van der Waals surface area (Å²) in [6.07, 6.45) is 5.56. The molecule has 0 aliphatic heterocycles. The third kappa shape index (κ3) is 5.57. The molecule has 0 N–H and O–H groups in total. The number of rotatable bonds is 2. The Bertz CT molecular complexity index is 1610. The first-order valence-corrected chi connectivity index (χ1v) is 11.6. The summed E-state index contributed by atoms with van der Waals surface area (Å²) in [5.74, 6) is 0.711. The summed E-state index contributed by atoms with van der Waals surface area (Å²) in [5.41, 5.74) is 7.83. The van der Waals surface area contributed by atoms with Gasteiger partial charge in [-0.2, -0.15) is 0 Å². The summed E-state index contributed by atoms with van der Waals surface area (Å²) in [4.78, 5) is 13.2. The molecule has 3 nitrogen and oxygen atoms in total. The summed E-state index contributed by atoms with van der Waals surface area (Å²) in [6.45, 7) is 6.17. The first kappa shape index (κ1) is 25.4. The Morgan fingerprint density at radius 3 is 2.14 bits per heavy atom. The van der Waals surface area contributed by atoms with Crippen molar-refractivity contribution < 1.29 is 20.1 Å². The summed E-state index contributed by atoms with van der Waals surface area (Å²) in [7, 11) is 0. The van der Waals surface area contributed by atoms with E-state index in [1.54, 1.807) is 0 Å². The topological polar surface area (TPSA) is 38.7 Å². The number of nitrogens with zero attached hydrogens (tertiary/aromatic N) is 3. The number of aromatic nitrogens is 3. The molecule has 2 aromatic heterocycles. The van der Waals surface area contributed by atoms with Gasteiger partial charge in [-0.25, -0.2) is 0 Å². The first-order chi connectivity index (χ1) is 17.1. The molecule has 0 fully saturated rings. The van der Waals surface area contributed by atoms with Gasteiger partial charge in [0.1, 0.15) is 0 Å². The number of benzene rings is 4. The normalized spacial score (nSPS) is 10.4. The molecule has 0 atom stereocenters. The molecular formula is C32H25IrN3-2. The van der Waals surface area contributed by atoms with Crippen molar-refractivity contribution >= 4 is 21.7 Å². The number of pyridine rings is 1. The molecule has 0 amide bonds. The predicted molar refractivity (Wildman–Crippen MR) is 144 cm³/mol. The van der Waals surface area contributed by atoms with E-state index in [-0.39, 0.29) is 20.1 Å². The van der Waals surface area contributed by atoms with E-state index >= 15 is 0 Å². The summed E-state index contributed by atoms with van der Waals surface area (Å²) >= 11 is 0. The van der Waals surface area contributed by atoms with Crippen LogP contribution in [0.3, 0.4) is 0 Å². The first-order valence-electron chi connectivity index (χ1n) is 11.6. The van der Waals surface area contributed by atoms with E-state index in [4.69, 9.17) is 0 Å². The van der Waals surface area contributed by atoms with Crippen LogP contribution in [0.4, 0.5) is 0 Å². The average Bonchev–Trinajstić information content (AvgIpc) is 2.90. The van der Waals surface area contributed by atoms with Gasteiger partial charge < -0.3 is 4.98 Å². The molecule has 0 saturated heterocycles. The minimum Gasteiger partial charge on any atom is -0.304 e. The van der Waals surface area contributed by atoms with Gasteiger partial charge in [-0.15, -0.1) is 69.9 Å². The van der Waals surface area contributed by atoms with E-state index < -0.39 is 0 Å². The van der Waals surface area contributed by atoms with Crippen molar-refractivity contribution in [1.29, 1.82) is 0 Å². The van der Waals surface area contributed by atoms with Crippen LogP contribution in [0.1, 0.15) is 16.7 Å². The van der Waals surface area contributed by atoms with Gasteiger partial charge in [0.05, 0.1) is 5.82 Å². The standard InChI is InChI=1S/C17H13N2.C15H12N.Ir/c1-13-11-18-17(19-12-13)16-9-5-8-15(10-16)14-6-3-2-4-7-14;1-10-8-12-6-7-13-11(2)4-3-5-14(13)15(12)16-9-10;/h2-8,10-12H,1H3;3-4,6-9H,1-2H3;/q2*-1;. The minimum atomic E-state index is 0. The van der Waals surface area contributed by atoms with Gasteiger partial charge in [0.2, 0.25) is 0 Å². The molecule has 4 heteroatoms. The van der Waals surface area contributed by atoms with Gasteiger partial charge in [-0.05, 0) is 41.4 Å². The van der Waals surface area contributed by atoms with Gasteiger partial charge in [0.15, 0.2) is 0 Å². The van der Waals surface area contributed by atoms with E-state index in [9.17, 15) is 0 Å². The van der Waals surface area contributed by atoms with Crippen LogP contribution in [-0.4, -0.2) is 15.0 Å². The zero-order valence-electron chi connectivity index (χ0n) is 20.4. The quantitative estimate of drug-likeness (QED) is 0.143. The molecule has 6 rings (SSSR count). The second-order valence-corrected chi connectivity index (χ2v) is 8.67. The molecule has 179 valence electrons. The van der Waals surface area contributed by atoms with Gasteiger partial charge >= 0.3 is 0 Å². The zero-order chi connectivity index (χ0) is 24.2. The number of aryl methyl sites for hydroxylation is 3. The van der Waals surface area contributed by atoms with Crippen molar-refractivity contribution in [2.24, 2.45) is 0 Å². The summed E-state index contributed by atoms with van der Waals surface area (Å²) in [6, 6.07) is 33.3. The van der Waals surface area contributed by atoms with Crippen LogP contribution in [0, 0.1) is 32.9 Å². The Morgan fingerprint density at radius 2 is 1.36 bits per heavy atom. The van der Waals surface area contributed by atoms with Crippen LogP contribution in [0.2, 0.25) is 0 Å². The minimum absolute atomic E-state index is 0. The smallest absolute Gasteiger partial charge is 0.0748 e. The molecule has 0 bridgehead atoms. The monoisotopic (exact) mass is 644 g/mol. The van der Waals surface area contributed by atoms with Crippen LogP contribution in [-0.2, 0) is 20.1 Å². The second-order valence-electron chi connectivity index (χ2n) is 8.67. The number of hydrogen-bond donors (Lipinski definition) is 0. The molecule has 36 heavy (non-hydrogen) atoms. The van der Waals surface area contributed by atoms with Gasteiger partial charge in [0.25, 0.3) is 0 Å².